The summed E-state index contributed by atoms with van der Waals surface area (Å²) in [7, 11) is 0. The summed E-state index contributed by atoms with van der Waals surface area (Å²) in [6.07, 6.45) is 0. The first-order chi connectivity index (χ1) is 11.7. The van der Waals surface area contributed by atoms with Gasteiger partial charge in [-0.05, 0) is 56.9 Å². The van der Waals surface area contributed by atoms with E-state index in [1.54, 1.807) is 6.07 Å². The van der Waals surface area contributed by atoms with Gasteiger partial charge in [0.2, 0.25) is 0 Å². The van der Waals surface area contributed by atoms with Crippen molar-refractivity contribution in [2.45, 2.75) is 6.92 Å². The molecule has 0 amide bonds. The first-order valence-electron chi connectivity index (χ1n) is 7.99. The Balaban J connectivity index is 2.08. The van der Waals surface area contributed by atoms with Crippen LogP contribution in [0, 0.1) is 6.92 Å². The predicted molar refractivity (Wildman–Crippen MR) is 99.7 cm³/mol. The van der Waals surface area contributed by atoms with E-state index in [9.17, 15) is 4.79 Å². The summed E-state index contributed by atoms with van der Waals surface area (Å²) in [5.74, 6) is 0. The molecule has 24 heavy (non-hydrogen) atoms. The molecule has 0 aliphatic carbocycles. The van der Waals surface area contributed by atoms with Crippen LogP contribution in [0.15, 0.2) is 75.9 Å². The lowest BCUT2D eigenvalue weighted by molar-refractivity contribution is 0.560. The van der Waals surface area contributed by atoms with E-state index in [1.807, 2.05) is 13.0 Å². The van der Waals surface area contributed by atoms with Crippen molar-refractivity contribution in [2.75, 3.05) is 0 Å². The summed E-state index contributed by atoms with van der Waals surface area (Å²) in [6.45, 7) is 1.95. The molecule has 0 radical (unpaired) electrons. The Labute approximate surface area is 137 Å². The lowest BCUT2D eigenvalue weighted by Gasteiger charge is -2.09. The van der Waals surface area contributed by atoms with Crippen LogP contribution in [0.1, 0.15) is 5.56 Å². The van der Waals surface area contributed by atoms with Crippen molar-refractivity contribution in [3.05, 3.63) is 82.7 Å². The van der Waals surface area contributed by atoms with Crippen molar-refractivity contribution >= 4 is 43.3 Å². The molecule has 0 unspecified atom stereocenters. The second-order valence-corrected chi connectivity index (χ2v) is 6.27. The van der Waals surface area contributed by atoms with Crippen LogP contribution in [0.25, 0.3) is 43.3 Å². The molecule has 1 heterocycles. The van der Waals surface area contributed by atoms with Gasteiger partial charge in [0.1, 0.15) is 5.58 Å². The highest BCUT2D eigenvalue weighted by molar-refractivity contribution is 6.21. The highest BCUT2D eigenvalue weighted by Gasteiger charge is 2.09. The Kier molecular flexibility index (Phi) is 2.60. The highest BCUT2D eigenvalue weighted by Crippen LogP contribution is 2.34. The Morgan fingerprint density at radius 3 is 2.33 bits per heavy atom. The van der Waals surface area contributed by atoms with E-state index >= 15 is 0 Å². The number of aryl methyl sites for hydroxylation is 1. The molecule has 4 aromatic carbocycles. The van der Waals surface area contributed by atoms with Gasteiger partial charge in [0.15, 0.2) is 0 Å². The molecule has 0 N–H and O–H groups in total. The standard InChI is InChI=1S/C22H14O2/c1-13-10-21(23)24-20-12-19-16(11-18(13)20)9-8-15-7-6-14-4-2-3-5-17(14)22(15)19/h2-12H,1H3. The summed E-state index contributed by atoms with van der Waals surface area (Å²) in [4.78, 5) is 11.7. The molecule has 0 bridgehead atoms. The fraction of sp³-hybridized carbons (Fsp3) is 0.0455. The second kappa shape index (κ2) is 4.68. The molecule has 0 saturated carbocycles. The van der Waals surface area contributed by atoms with E-state index in [0.29, 0.717) is 5.58 Å². The number of fused-ring (bicyclic) bond motifs is 6. The van der Waals surface area contributed by atoms with Gasteiger partial charge in [-0.3, -0.25) is 0 Å². The molecular formula is C22H14O2. The predicted octanol–water partition coefficient (Wildman–Crippen LogP) is 5.56. The zero-order valence-electron chi connectivity index (χ0n) is 13.2. The van der Waals surface area contributed by atoms with Gasteiger partial charge in [0.05, 0.1) is 0 Å². The van der Waals surface area contributed by atoms with Gasteiger partial charge in [-0.1, -0.05) is 48.5 Å². The first kappa shape index (κ1) is 13.3. The molecule has 0 aliphatic heterocycles. The summed E-state index contributed by atoms with van der Waals surface area (Å²) in [5.41, 5.74) is 1.29. The lowest BCUT2D eigenvalue weighted by Crippen LogP contribution is -1.97. The molecule has 0 aliphatic rings. The average molecular weight is 310 g/mol. The van der Waals surface area contributed by atoms with Crippen LogP contribution in [0.4, 0.5) is 0 Å². The third kappa shape index (κ3) is 1.80. The molecular weight excluding hydrogens is 296 g/mol. The Bertz CT molecular complexity index is 1330. The Morgan fingerprint density at radius 1 is 0.708 bits per heavy atom. The minimum atomic E-state index is -0.301. The molecule has 0 fully saturated rings. The van der Waals surface area contributed by atoms with E-state index in [4.69, 9.17) is 4.42 Å². The average Bonchev–Trinajstić information content (AvgIpc) is 2.59. The van der Waals surface area contributed by atoms with Gasteiger partial charge in [-0.15, -0.1) is 0 Å². The van der Waals surface area contributed by atoms with E-state index in [0.717, 1.165) is 21.7 Å². The number of benzene rings is 4. The molecule has 114 valence electrons. The fourth-order valence-corrected chi connectivity index (χ4v) is 3.64. The van der Waals surface area contributed by atoms with Crippen molar-refractivity contribution in [3.8, 4) is 0 Å². The number of rotatable bonds is 0. The SMILES string of the molecule is Cc1cc(=O)oc2cc3c(ccc4ccc5ccccc5c43)cc12. The minimum Gasteiger partial charge on any atom is -0.423 e. The van der Waals surface area contributed by atoms with Gasteiger partial charge in [-0.25, -0.2) is 4.79 Å². The smallest absolute Gasteiger partial charge is 0.336 e. The van der Waals surface area contributed by atoms with Crippen molar-refractivity contribution in [3.63, 3.8) is 0 Å². The van der Waals surface area contributed by atoms with Crippen molar-refractivity contribution in [1.82, 2.24) is 0 Å². The van der Waals surface area contributed by atoms with Crippen LogP contribution in [-0.4, -0.2) is 0 Å². The van der Waals surface area contributed by atoms with Gasteiger partial charge in [0.25, 0.3) is 0 Å². The Hall–Kier alpha value is -3.13. The normalized spacial score (nSPS) is 11.7. The van der Waals surface area contributed by atoms with Gasteiger partial charge >= 0.3 is 5.63 Å². The molecule has 0 atom stereocenters. The van der Waals surface area contributed by atoms with Gasteiger partial charge in [0, 0.05) is 11.5 Å². The van der Waals surface area contributed by atoms with Crippen molar-refractivity contribution < 1.29 is 4.42 Å². The third-order valence-electron chi connectivity index (χ3n) is 4.79. The minimum absolute atomic E-state index is 0.301. The quantitative estimate of drug-likeness (QED) is 0.213. The van der Waals surface area contributed by atoms with Gasteiger partial charge in [-0.2, -0.15) is 0 Å². The largest absolute Gasteiger partial charge is 0.423 e. The zero-order valence-corrected chi connectivity index (χ0v) is 13.2. The maximum Gasteiger partial charge on any atom is 0.336 e. The van der Waals surface area contributed by atoms with Crippen LogP contribution in [0.2, 0.25) is 0 Å². The van der Waals surface area contributed by atoms with Crippen molar-refractivity contribution in [1.29, 1.82) is 0 Å². The number of hydrogen-bond acceptors (Lipinski definition) is 2. The van der Waals surface area contributed by atoms with Crippen LogP contribution >= 0.6 is 0 Å². The molecule has 1 aromatic heterocycles. The summed E-state index contributed by atoms with van der Waals surface area (Å²) >= 11 is 0. The zero-order chi connectivity index (χ0) is 16.3. The van der Waals surface area contributed by atoms with Crippen LogP contribution in [-0.2, 0) is 0 Å². The Morgan fingerprint density at radius 2 is 1.46 bits per heavy atom. The molecule has 0 saturated heterocycles. The summed E-state index contributed by atoms with van der Waals surface area (Å²) in [6, 6.07) is 22.6. The highest BCUT2D eigenvalue weighted by atomic mass is 16.4. The maximum absolute atomic E-state index is 11.7. The summed E-state index contributed by atoms with van der Waals surface area (Å²) < 4.78 is 5.46. The van der Waals surface area contributed by atoms with Gasteiger partial charge < -0.3 is 4.42 Å². The van der Waals surface area contributed by atoms with E-state index in [2.05, 4.69) is 54.6 Å². The van der Waals surface area contributed by atoms with Crippen LogP contribution in [0.3, 0.4) is 0 Å². The monoisotopic (exact) mass is 310 g/mol. The fourth-order valence-electron chi connectivity index (χ4n) is 3.64. The molecule has 5 rings (SSSR count). The van der Waals surface area contributed by atoms with Crippen LogP contribution < -0.4 is 5.63 Å². The van der Waals surface area contributed by atoms with E-state index in [1.165, 1.54) is 21.5 Å². The van der Waals surface area contributed by atoms with Crippen LogP contribution in [0.5, 0.6) is 0 Å². The van der Waals surface area contributed by atoms with E-state index in [-0.39, 0.29) is 5.63 Å². The summed E-state index contributed by atoms with van der Waals surface area (Å²) in [5, 5.41) is 8.08. The van der Waals surface area contributed by atoms with E-state index < -0.39 is 0 Å². The number of hydrogen-bond donors (Lipinski definition) is 0. The molecule has 2 heteroatoms. The third-order valence-corrected chi connectivity index (χ3v) is 4.79. The molecule has 5 aromatic rings. The topological polar surface area (TPSA) is 30.2 Å². The van der Waals surface area contributed by atoms with Crippen molar-refractivity contribution in [2.24, 2.45) is 0 Å². The molecule has 2 nitrogen and oxygen atoms in total. The second-order valence-electron chi connectivity index (χ2n) is 6.27. The maximum atomic E-state index is 11.7. The molecule has 0 spiro atoms. The lowest BCUT2D eigenvalue weighted by atomic mass is 9.95. The first-order valence-corrected chi connectivity index (χ1v) is 7.99.